The lowest BCUT2D eigenvalue weighted by atomic mass is 9.77. The van der Waals surface area contributed by atoms with E-state index in [2.05, 4.69) is 6.07 Å². The van der Waals surface area contributed by atoms with E-state index in [1.165, 1.54) is 37.0 Å². The summed E-state index contributed by atoms with van der Waals surface area (Å²) in [4.78, 5) is 0. The average molecular weight is 242 g/mol. The zero-order chi connectivity index (χ0) is 12.5. The molecule has 3 rings (SSSR count). The number of aromatic hydroxyl groups is 1. The van der Waals surface area contributed by atoms with Crippen molar-refractivity contribution in [1.29, 1.82) is 0 Å². The minimum atomic E-state index is -0.559. The van der Waals surface area contributed by atoms with Gasteiger partial charge in [-0.1, -0.05) is 36.8 Å². The average Bonchev–Trinajstić information content (AvgIpc) is 2.31. The van der Waals surface area contributed by atoms with Gasteiger partial charge >= 0.3 is 0 Å². The van der Waals surface area contributed by atoms with Crippen molar-refractivity contribution in [2.75, 3.05) is 0 Å². The lowest BCUT2D eigenvalue weighted by molar-refractivity contribution is 0.420. The number of rotatable bonds is 2. The van der Waals surface area contributed by atoms with Gasteiger partial charge in [0.2, 0.25) is 0 Å². The molecule has 0 saturated heterocycles. The predicted octanol–water partition coefficient (Wildman–Crippen LogP) is 4.47. The first-order valence-electron chi connectivity index (χ1n) is 6.33. The van der Waals surface area contributed by atoms with Gasteiger partial charge in [0.05, 0.1) is 0 Å². The minimum Gasteiger partial charge on any atom is -0.505 e. The topological polar surface area (TPSA) is 20.2 Å². The highest BCUT2D eigenvalue weighted by Gasteiger charge is 2.22. The van der Waals surface area contributed by atoms with E-state index in [0.717, 1.165) is 11.1 Å². The van der Waals surface area contributed by atoms with Crippen molar-refractivity contribution >= 4 is 0 Å². The van der Waals surface area contributed by atoms with Gasteiger partial charge in [-0.05, 0) is 47.6 Å². The molecule has 1 nitrogen and oxygen atoms in total. The van der Waals surface area contributed by atoms with Gasteiger partial charge in [-0.15, -0.1) is 0 Å². The van der Waals surface area contributed by atoms with Crippen LogP contribution in [0.1, 0.15) is 30.7 Å². The van der Waals surface area contributed by atoms with Gasteiger partial charge in [-0.2, -0.15) is 0 Å². The number of phenols is 1. The van der Waals surface area contributed by atoms with Crippen molar-refractivity contribution in [2.45, 2.75) is 25.2 Å². The summed E-state index contributed by atoms with van der Waals surface area (Å²) in [7, 11) is 0. The molecule has 2 aromatic rings. The number of hydrogen-bond donors (Lipinski definition) is 1. The van der Waals surface area contributed by atoms with Crippen LogP contribution < -0.4 is 0 Å². The van der Waals surface area contributed by atoms with Crippen molar-refractivity contribution in [1.82, 2.24) is 0 Å². The molecular weight excluding hydrogens is 227 g/mol. The van der Waals surface area contributed by atoms with Gasteiger partial charge in [0, 0.05) is 0 Å². The molecule has 0 aromatic heterocycles. The lowest BCUT2D eigenvalue weighted by Gasteiger charge is -2.28. The fourth-order valence-electron chi connectivity index (χ4n) is 2.51. The highest BCUT2D eigenvalue weighted by Crippen LogP contribution is 2.41. The zero-order valence-electron chi connectivity index (χ0n) is 10.1. The molecule has 1 aliphatic carbocycles. The first-order valence-corrected chi connectivity index (χ1v) is 6.33. The van der Waals surface area contributed by atoms with Crippen molar-refractivity contribution in [3.63, 3.8) is 0 Å². The molecule has 0 radical (unpaired) electrons. The van der Waals surface area contributed by atoms with Gasteiger partial charge in [-0.3, -0.25) is 0 Å². The minimum absolute atomic E-state index is 0.292. The van der Waals surface area contributed by atoms with Gasteiger partial charge < -0.3 is 5.11 Å². The molecule has 0 heterocycles. The smallest absolute Gasteiger partial charge is 0.165 e. The first-order chi connectivity index (χ1) is 8.75. The maximum absolute atomic E-state index is 13.4. The van der Waals surface area contributed by atoms with E-state index >= 15 is 0 Å². The van der Waals surface area contributed by atoms with Crippen molar-refractivity contribution in [3.05, 3.63) is 53.8 Å². The molecule has 0 aliphatic heterocycles. The summed E-state index contributed by atoms with van der Waals surface area (Å²) in [5.41, 5.74) is 3.22. The lowest BCUT2D eigenvalue weighted by Crippen LogP contribution is -2.09. The highest BCUT2D eigenvalue weighted by atomic mass is 19.1. The summed E-state index contributed by atoms with van der Waals surface area (Å²) < 4.78 is 13.4. The number of hydrogen-bond acceptors (Lipinski definition) is 1. The fraction of sp³-hybridized carbons (Fsp3) is 0.250. The molecule has 92 valence electrons. The first kappa shape index (κ1) is 11.3. The molecule has 1 saturated carbocycles. The van der Waals surface area contributed by atoms with Crippen LogP contribution in [0.25, 0.3) is 11.1 Å². The summed E-state index contributed by atoms with van der Waals surface area (Å²) in [5, 5.41) is 9.25. The highest BCUT2D eigenvalue weighted by molar-refractivity contribution is 5.69. The van der Waals surface area contributed by atoms with E-state index in [4.69, 9.17) is 0 Å². The molecule has 1 N–H and O–H groups in total. The summed E-state index contributed by atoms with van der Waals surface area (Å²) >= 11 is 0. The third kappa shape index (κ3) is 1.88. The second-order valence-electron chi connectivity index (χ2n) is 4.88. The molecule has 0 amide bonds. The van der Waals surface area contributed by atoms with E-state index < -0.39 is 5.82 Å². The molecule has 0 spiro atoms. The molecule has 0 atom stereocenters. The van der Waals surface area contributed by atoms with Crippen LogP contribution in [0.5, 0.6) is 5.75 Å². The predicted molar refractivity (Wildman–Crippen MR) is 70.1 cm³/mol. The van der Waals surface area contributed by atoms with Crippen LogP contribution in [0.15, 0.2) is 42.5 Å². The summed E-state index contributed by atoms with van der Waals surface area (Å²) in [5.74, 6) is -0.242. The Balaban J connectivity index is 2.07. The van der Waals surface area contributed by atoms with E-state index in [1.54, 1.807) is 6.07 Å². The summed E-state index contributed by atoms with van der Waals surface area (Å²) in [6, 6.07) is 12.8. The molecule has 18 heavy (non-hydrogen) atoms. The maximum atomic E-state index is 13.4. The Morgan fingerprint density at radius 2 is 1.83 bits per heavy atom. The second-order valence-corrected chi connectivity index (χ2v) is 4.88. The Morgan fingerprint density at radius 1 is 1.06 bits per heavy atom. The molecule has 2 heteroatoms. The van der Waals surface area contributed by atoms with Gasteiger partial charge in [-0.25, -0.2) is 4.39 Å². The van der Waals surface area contributed by atoms with Crippen LogP contribution in [-0.2, 0) is 0 Å². The normalized spacial score (nSPS) is 15.4. The Bertz CT molecular complexity index is 573. The Kier molecular flexibility index (Phi) is 2.78. The standard InChI is InChI=1S/C16H15FO/c17-15-10-12(8-9-16(15)18)14-7-2-1-6-13(14)11-4-3-5-11/h1-2,6-11,18H,3-5H2. The van der Waals surface area contributed by atoms with Crippen LogP contribution in [0.4, 0.5) is 4.39 Å². The van der Waals surface area contributed by atoms with Crippen molar-refractivity contribution in [2.24, 2.45) is 0 Å². The number of phenolic OH excluding ortho intramolecular Hbond substituents is 1. The van der Waals surface area contributed by atoms with Gasteiger partial charge in [0.1, 0.15) is 0 Å². The molecule has 1 fully saturated rings. The van der Waals surface area contributed by atoms with Crippen LogP contribution >= 0.6 is 0 Å². The third-order valence-electron chi connectivity index (χ3n) is 3.76. The maximum Gasteiger partial charge on any atom is 0.165 e. The quantitative estimate of drug-likeness (QED) is 0.824. The fourth-order valence-corrected chi connectivity index (χ4v) is 2.51. The number of halogens is 1. The largest absolute Gasteiger partial charge is 0.505 e. The Hall–Kier alpha value is -1.83. The summed E-state index contributed by atoms with van der Waals surface area (Å²) in [6.45, 7) is 0. The van der Waals surface area contributed by atoms with E-state index in [1.807, 2.05) is 18.2 Å². The van der Waals surface area contributed by atoms with Gasteiger partial charge in [0.25, 0.3) is 0 Å². The van der Waals surface area contributed by atoms with E-state index in [0.29, 0.717) is 5.92 Å². The van der Waals surface area contributed by atoms with Crippen LogP contribution in [0.3, 0.4) is 0 Å². The van der Waals surface area contributed by atoms with E-state index in [-0.39, 0.29) is 5.75 Å². The van der Waals surface area contributed by atoms with Crippen LogP contribution in [0.2, 0.25) is 0 Å². The Morgan fingerprint density at radius 3 is 2.50 bits per heavy atom. The van der Waals surface area contributed by atoms with E-state index in [9.17, 15) is 9.50 Å². The summed E-state index contributed by atoms with van der Waals surface area (Å²) in [6.07, 6.45) is 3.72. The van der Waals surface area contributed by atoms with Crippen LogP contribution in [-0.4, -0.2) is 5.11 Å². The molecule has 2 aromatic carbocycles. The number of benzene rings is 2. The SMILES string of the molecule is Oc1ccc(-c2ccccc2C2CCC2)cc1F. The second kappa shape index (κ2) is 4.45. The molecular formula is C16H15FO. The van der Waals surface area contributed by atoms with Crippen molar-refractivity contribution < 1.29 is 9.50 Å². The molecule has 0 unspecified atom stereocenters. The molecule has 0 bridgehead atoms. The third-order valence-corrected chi connectivity index (χ3v) is 3.76. The van der Waals surface area contributed by atoms with Crippen molar-refractivity contribution in [3.8, 4) is 16.9 Å². The monoisotopic (exact) mass is 242 g/mol. The van der Waals surface area contributed by atoms with Gasteiger partial charge in [0.15, 0.2) is 11.6 Å². The molecule has 1 aliphatic rings. The van der Waals surface area contributed by atoms with Crippen LogP contribution in [0, 0.1) is 5.82 Å². The Labute approximate surface area is 106 Å². The zero-order valence-corrected chi connectivity index (χ0v) is 10.1.